The minimum atomic E-state index is 0.889. The second-order valence-corrected chi connectivity index (χ2v) is 6.62. The molecule has 0 atom stereocenters. The average molecular weight is 222 g/mol. The Balaban J connectivity index is 2.01. The lowest BCUT2D eigenvalue weighted by molar-refractivity contribution is 0.739. The topological polar surface area (TPSA) is 0 Å². The van der Waals surface area contributed by atoms with Crippen LogP contribution in [0.1, 0.15) is 41.4 Å². The number of rotatable bonds is 1. The van der Waals surface area contributed by atoms with Crippen molar-refractivity contribution in [2.24, 2.45) is 0 Å². The first kappa shape index (κ1) is 8.93. The molecule has 0 radical (unpaired) electrons. The highest BCUT2D eigenvalue weighted by atomic mass is 32.1. The van der Waals surface area contributed by atoms with E-state index in [4.69, 9.17) is 0 Å². The number of hydrogen-bond acceptors (Lipinski definition) is 2. The molecule has 1 saturated carbocycles. The van der Waals surface area contributed by atoms with E-state index in [0.29, 0.717) is 0 Å². The molecule has 0 bridgehead atoms. The summed E-state index contributed by atoms with van der Waals surface area (Å²) in [6.45, 7) is 2.20. The Morgan fingerprint density at radius 2 is 1.79 bits per heavy atom. The Bertz CT molecular complexity index is 412. The fraction of sp³-hybridized carbons (Fsp3) is 0.500. The van der Waals surface area contributed by atoms with E-state index in [1.54, 1.807) is 4.88 Å². The zero-order valence-corrected chi connectivity index (χ0v) is 10.0. The molecule has 2 heteroatoms. The lowest BCUT2D eigenvalue weighted by atomic mass is 10.1. The quantitative estimate of drug-likeness (QED) is 0.642. The Morgan fingerprint density at radius 1 is 1.07 bits per heavy atom. The lowest BCUT2D eigenvalue weighted by Crippen LogP contribution is -1.85. The van der Waals surface area contributed by atoms with Crippen LogP contribution >= 0.6 is 22.7 Å². The van der Waals surface area contributed by atoms with Gasteiger partial charge in [0.1, 0.15) is 0 Å². The standard InChI is InChI=1S/C12H14S2/c1-8-6-11-12(13-8)7-10(14-11)9-4-2-3-5-9/h6-7,9H,2-5H2,1H3. The predicted molar refractivity (Wildman–Crippen MR) is 65.6 cm³/mol. The maximum Gasteiger partial charge on any atom is 0.0456 e. The summed E-state index contributed by atoms with van der Waals surface area (Å²) in [6, 6.07) is 4.77. The van der Waals surface area contributed by atoms with Crippen molar-refractivity contribution in [3.8, 4) is 0 Å². The van der Waals surface area contributed by atoms with E-state index in [9.17, 15) is 0 Å². The van der Waals surface area contributed by atoms with Crippen molar-refractivity contribution < 1.29 is 0 Å². The van der Waals surface area contributed by atoms with Crippen LogP contribution in [0.3, 0.4) is 0 Å². The molecular weight excluding hydrogens is 208 g/mol. The summed E-state index contributed by atoms with van der Waals surface area (Å²) in [5.41, 5.74) is 0. The van der Waals surface area contributed by atoms with Gasteiger partial charge in [-0.3, -0.25) is 0 Å². The monoisotopic (exact) mass is 222 g/mol. The van der Waals surface area contributed by atoms with Gasteiger partial charge in [0.25, 0.3) is 0 Å². The van der Waals surface area contributed by atoms with Crippen LogP contribution in [-0.4, -0.2) is 0 Å². The van der Waals surface area contributed by atoms with Crippen LogP contribution in [0.15, 0.2) is 12.1 Å². The number of hydrogen-bond donors (Lipinski definition) is 0. The molecule has 0 unspecified atom stereocenters. The van der Waals surface area contributed by atoms with E-state index in [1.165, 1.54) is 40.0 Å². The number of fused-ring (bicyclic) bond motifs is 1. The molecule has 0 aromatic carbocycles. The van der Waals surface area contributed by atoms with Crippen molar-refractivity contribution in [1.82, 2.24) is 0 Å². The molecule has 0 N–H and O–H groups in total. The Morgan fingerprint density at radius 3 is 2.50 bits per heavy atom. The van der Waals surface area contributed by atoms with E-state index < -0.39 is 0 Å². The third-order valence-electron chi connectivity index (χ3n) is 3.11. The molecule has 1 aliphatic carbocycles. The van der Waals surface area contributed by atoms with E-state index in [2.05, 4.69) is 19.1 Å². The van der Waals surface area contributed by atoms with Gasteiger partial charge in [0.05, 0.1) is 0 Å². The van der Waals surface area contributed by atoms with Crippen LogP contribution in [0, 0.1) is 6.92 Å². The molecule has 1 fully saturated rings. The first-order valence-electron chi connectivity index (χ1n) is 5.33. The van der Waals surface area contributed by atoms with E-state index in [1.807, 2.05) is 22.7 Å². The van der Waals surface area contributed by atoms with Crippen LogP contribution in [0.4, 0.5) is 0 Å². The molecule has 0 spiro atoms. The zero-order chi connectivity index (χ0) is 9.54. The second kappa shape index (κ2) is 3.35. The first-order valence-corrected chi connectivity index (χ1v) is 6.96. The zero-order valence-electron chi connectivity index (χ0n) is 8.38. The Kier molecular flexibility index (Phi) is 2.14. The fourth-order valence-corrected chi connectivity index (χ4v) is 4.88. The molecule has 0 aliphatic heterocycles. The van der Waals surface area contributed by atoms with E-state index in [0.717, 1.165) is 5.92 Å². The predicted octanol–water partition coefficient (Wildman–Crippen LogP) is 4.93. The molecule has 1 aliphatic rings. The minimum Gasteiger partial charge on any atom is -0.140 e. The lowest BCUT2D eigenvalue weighted by Gasteiger charge is -2.03. The third kappa shape index (κ3) is 1.41. The average Bonchev–Trinajstić information content (AvgIpc) is 2.74. The fourth-order valence-electron chi connectivity index (χ4n) is 2.39. The smallest absolute Gasteiger partial charge is 0.0456 e. The summed E-state index contributed by atoms with van der Waals surface area (Å²) in [7, 11) is 0. The molecule has 0 nitrogen and oxygen atoms in total. The summed E-state index contributed by atoms with van der Waals surface area (Å²) in [5.74, 6) is 0.889. The van der Waals surface area contributed by atoms with E-state index >= 15 is 0 Å². The molecule has 2 aromatic rings. The Labute approximate surface area is 92.6 Å². The minimum absolute atomic E-state index is 0.889. The maximum atomic E-state index is 2.44. The van der Waals surface area contributed by atoms with Gasteiger partial charge in [-0.1, -0.05) is 12.8 Å². The summed E-state index contributed by atoms with van der Waals surface area (Å²) in [5, 5.41) is 0. The normalized spacial score (nSPS) is 18.4. The second-order valence-electron chi connectivity index (χ2n) is 4.22. The van der Waals surface area contributed by atoms with Crippen molar-refractivity contribution >= 4 is 32.1 Å². The highest BCUT2D eigenvalue weighted by molar-refractivity contribution is 7.27. The van der Waals surface area contributed by atoms with Crippen molar-refractivity contribution in [3.63, 3.8) is 0 Å². The molecule has 3 rings (SSSR count). The Hall–Kier alpha value is -0.340. The van der Waals surface area contributed by atoms with Gasteiger partial charge >= 0.3 is 0 Å². The number of aryl methyl sites for hydroxylation is 1. The summed E-state index contributed by atoms with van der Waals surface area (Å²) in [4.78, 5) is 3.09. The SMILES string of the molecule is Cc1cc2sc(C3CCCC3)cc2s1. The molecular formula is C12H14S2. The molecule has 0 saturated heterocycles. The van der Waals surface area contributed by atoms with Gasteiger partial charge in [0.2, 0.25) is 0 Å². The highest BCUT2D eigenvalue weighted by Gasteiger charge is 2.19. The highest BCUT2D eigenvalue weighted by Crippen LogP contribution is 2.42. The first-order chi connectivity index (χ1) is 6.83. The van der Waals surface area contributed by atoms with Gasteiger partial charge in [-0.15, -0.1) is 22.7 Å². The van der Waals surface area contributed by atoms with Crippen molar-refractivity contribution in [2.45, 2.75) is 38.5 Å². The van der Waals surface area contributed by atoms with Crippen LogP contribution in [0.25, 0.3) is 9.40 Å². The summed E-state index contributed by atoms with van der Waals surface area (Å²) in [6.07, 6.45) is 5.73. The molecule has 0 amide bonds. The van der Waals surface area contributed by atoms with Crippen LogP contribution in [-0.2, 0) is 0 Å². The maximum absolute atomic E-state index is 2.44. The number of thiophene rings is 2. The third-order valence-corrected chi connectivity index (χ3v) is 5.48. The van der Waals surface area contributed by atoms with Crippen LogP contribution < -0.4 is 0 Å². The van der Waals surface area contributed by atoms with Crippen molar-refractivity contribution in [1.29, 1.82) is 0 Å². The van der Waals surface area contributed by atoms with Gasteiger partial charge in [-0.25, -0.2) is 0 Å². The molecule has 2 heterocycles. The van der Waals surface area contributed by atoms with Gasteiger partial charge in [-0.2, -0.15) is 0 Å². The van der Waals surface area contributed by atoms with Crippen molar-refractivity contribution in [2.75, 3.05) is 0 Å². The van der Waals surface area contributed by atoms with Gasteiger partial charge in [0.15, 0.2) is 0 Å². The molecule has 74 valence electrons. The summed E-state index contributed by atoms with van der Waals surface area (Å²) < 4.78 is 3.02. The van der Waals surface area contributed by atoms with Crippen LogP contribution in [0.5, 0.6) is 0 Å². The van der Waals surface area contributed by atoms with E-state index in [-0.39, 0.29) is 0 Å². The van der Waals surface area contributed by atoms with Crippen LogP contribution in [0.2, 0.25) is 0 Å². The van der Waals surface area contributed by atoms with Crippen molar-refractivity contribution in [3.05, 3.63) is 21.9 Å². The molecule has 14 heavy (non-hydrogen) atoms. The van der Waals surface area contributed by atoms with Gasteiger partial charge < -0.3 is 0 Å². The van der Waals surface area contributed by atoms with Gasteiger partial charge in [0, 0.05) is 19.2 Å². The summed E-state index contributed by atoms with van der Waals surface area (Å²) >= 11 is 3.97. The molecule has 2 aromatic heterocycles. The largest absolute Gasteiger partial charge is 0.140 e. The van der Waals surface area contributed by atoms with Gasteiger partial charge in [-0.05, 0) is 37.8 Å².